The predicted molar refractivity (Wildman–Crippen MR) is 128 cm³/mol. The maximum atomic E-state index is 12.9. The predicted octanol–water partition coefficient (Wildman–Crippen LogP) is 1.72. The van der Waals surface area contributed by atoms with Gasteiger partial charge in [0.1, 0.15) is 6.10 Å². The van der Waals surface area contributed by atoms with Crippen molar-refractivity contribution >= 4 is 17.7 Å². The molecule has 3 aliphatic heterocycles. The molecule has 1 aromatic rings. The summed E-state index contributed by atoms with van der Waals surface area (Å²) in [5.74, 6) is 1.34. The molecule has 3 heterocycles. The van der Waals surface area contributed by atoms with Crippen molar-refractivity contribution in [2.45, 2.75) is 55.7 Å². The molecule has 5 atom stereocenters. The summed E-state index contributed by atoms with van der Waals surface area (Å²) in [7, 11) is 3.88. The van der Waals surface area contributed by atoms with Crippen LogP contribution >= 0.6 is 0 Å². The Kier molecular flexibility index (Phi) is 5.25. The smallest absolute Gasteiger partial charge is 0.253 e. The molecule has 0 unspecified atom stereocenters. The van der Waals surface area contributed by atoms with Crippen LogP contribution in [-0.2, 0) is 26.2 Å². The number of ether oxygens (including phenoxy) is 2. The summed E-state index contributed by atoms with van der Waals surface area (Å²) >= 11 is 0. The molecule has 8 nitrogen and oxygen atoms in total. The van der Waals surface area contributed by atoms with Crippen LogP contribution in [0.2, 0.25) is 0 Å². The SMILES string of the molecule is COc1ccc2c3c1O[C@H]1[C@H](NC(=O)CCCCN4C(=O)C=CC4=O)C=C[C@H]4[C@@H](C2)N(C)CC[C@@]341. The fourth-order valence-electron chi connectivity index (χ4n) is 7.00. The minimum absolute atomic E-state index is 0.0428. The van der Waals surface area contributed by atoms with E-state index in [4.69, 9.17) is 9.47 Å². The first-order valence-corrected chi connectivity index (χ1v) is 12.5. The molecule has 8 heteroatoms. The normalized spacial score (nSPS) is 32.0. The number of unbranched alkanes of at least 4 members (excludes halogenated alkanes) is 1. The van der Waals surface area contributed by atoms with Gasteiger partial charge in [-0.3, -0.25) is 19.3 Å². The van der Waals surface area contributed by atoms with Crippen molar-refractivity contribution < 1.29 is 23.9 Å². The summed E-state index contributed by atoms with van der Waals surface area (Å²) in [6.45, 7) is 1.33. The number of carbonyl (C=O) groups excluding carboxylic acids is 3. The number of imide groups is 1. The molecule has 3 amide bonds. The quantitative estimate of drug-likeness (QED) is 0.366. The van der Waals surface area contributed by atoms with Crippen LogP contribution in [0.3, 0.4) is 0 Å². The van der Waals surface area contributed by atoms with Gasteiger partial charge in [0.05, 0.1) is 13.2 Å². The number of amides is 3. The number of methoxy groups -OCH3 is 1. The van der Waals surface area contributed by atoms with Crippen LogP contribution in [-0.4, -0.2) is 73.0 Å². The topological polar surface area (TPSA) is 88.2 Å². The van der Waals surface area contributed by atoms with Crippen molar-refractivity contribution in [3.63, 3.8) is 0 Å². The molecule has 5 aliphatic rings. The third kappa shape index (κ3) is 3.26. The molecule has 184 valence electrons. The van der Waals surface area contributed by atoms with Crippen LogP contribution in [0.15, 0.2) is 36.4 Å². The van der Waals surface area contributed by atoms with Gasteiger partial charge in [-0.25, -0.2) is 0 Å². The van der Waals surface area contributed by atoms with Crippen molar-refractivity contribution in [3.8, 4) is 11.5 Å². The summed E-state index contributed by atoms with van der Waals surface area (Å²) in [6, 6.07) is 4.38. The van der Waals surface area contributed by atoms with Gasteiger partial charge in [-0.05, 0) is 50.9 Å². The number of rotatable bonds is 7. The summed E-state index contributed by atoms with van der Waals surface area (Å²) in [5.41, 5.74) is 2.45. The van der Waals surface area contributed by atoms with Crippen LogP contribution in [0, 0.1) is 5.92 Å². The zero-order valence-electron chi connectivity index (χ0n) is 20.2. The van der Waals surface area contributed by atoms with Gasteiger partial charge in [-0.15, -0.1) is 0 Å². The van der Waals surface area contributed by atoms with Gasteiger partial charge < -0.3 is 19.7 Å². The Morgan fingerprint density at radius 2 is 2.00 bits per heavy atom. The number of nitrogens with one attached hydrogen (secondary N) is 1. The molecule has 1 N–H and O–H groups in total. The van der Waals surface area contributed by atoms with Gasteiger partial charge >= 0.3 is 0 Å². The van der Waals surface area contributed by atoms with E-state index in [1.165, 1.54) is 28.2 Å². The zero-order valence-corrected chi connectivity index (χ0v) is 20.2. The van der Waals surface area contributed by atoms with Crippen molar-refractivity contribution in [3.05, 3.63) is 47.6 Å². The van der Waals surface area contributed by atoms with E-state index in [2.05, 4.69) is 35.5 Å². The van der Waals surface area contributed by atoms with Crippen LogP contribution in [0.4, 0.5) is 0 Å². The van der Waals surface area contributed by atoms with E-state index in [1.54, 1.807) is 7.11 Å². The average Bonchev–Trinajstić information content (AvgIpc) is 3.36. The maximum Gasteiger partial charge on any atom is 0.253 e. The molecular weight excluding hydrogens is 446 g/mol. The average molecular weight is 478 g/mol. The van der Waals surface area contributed by atoms with E-state index in [9.17, 15) is 14.4 Å². The van der Waals surface area contributed by atoms with Crippen LogP contribution in [0.25, 0.3) is 0 Å². The van der Waals surface area contributed by atoms with Gasteiger partial charge in [0.25, 0.3) is 11.8 Å². The Bertz CT molecular complexity index is 1140. The van der Waals surface area contributed by atoms with Crippen LogP contribution < -0.4 is 14.8 Å². The highest BCUT2D eigenvalue weighted by atomic mass is 16.5. The molecule has 0 saturated carbocycles. The Hall–Kier alpha value is -3.13. The molecule has 6 rings (SSSR count). The molecule has 1 fully saturated rings. The molecule has 0 radical (unpaired) electrons. The second-order valence-electron chi connectivity index (χ2n) is 10.3. The van der Waals surface area contributed by atoms with Crippen LogP contribution in [0.1, 0.15) is 36.8 Å². The second kappa shape index (κ2) is 8.22. The summed E-state index contributed by atoms with van der Waals surface area (Å²) < 4.78 is 12.3. The molecule has 0 aromatic heterocycles. The highest BCUT2D eigenvalue weighted by molar-refractivity contribution is 6.12. The van der Waals surface area contributed by atoms with Gasteiger partial charge in [0.15, 0.2) is 11.5 Å². The number of likely N-dealkylation sites (tertiary alicyclic amines) is 1. The van der Waals surface area contributed by atoms with Crippen molar-refractivity contribution in [2.24, 2.45) is 5.92 Å². The minimum Gasteiger partial charge on any atom is -0.493 e. The van der Waals surface area contributed by atoms with Gasteiger partial charge in [-0.1, -0.05) is 18.2 Å². The lowest BCUT2D eigenvalue weighted by Gasteiger charge is -2.57. The van der Waals surface area contributed by atoms with Crippen molar-refractivity contribution in [1.82, 2.24) is 15.1 Å². The number of hydrogen-bond acceptors (Lipinski definition) is 6. The highest BCUT2D eigenvalue weighted by Crippen LogP contribution is 2.62. The molecule has 2 bridgehead atoms. The number of likely N-dealkylation sites (N-methyl/N-ethyl adjacent to an activating group) is 1. The molecule has 1 aromatic carbocycles. The monoisotopic (exact) mass is 477 g/mol. The van der Waals surface area contributed by atoms with E-state index in [0.717, 1.165) is 30.9 Å². The van der Waals surface area contributed by atoms with E-state index in [0.29, 0.717) is 37.8 Å². The molecule has 35 heavy (non-hydrogen) atoms. The summed E-state index contributed by atoms with van der Waals surface area (Å²) in [6.07, 6.45) is 10.3. The number of nitrogens with zero attached hydrogens (tertiary/aromatic N) is 2. The number of hydrogen-bond donors (Lipinski definition) is 1. The first-order valence-electron chi connectivity index (χ1n) is 12.5. The fraction of sp³-hybridized carbons (Fsp3) is 0.519. The third-order valence-corrected chi connectivity index (χ3v) is 8.64. The largest absolute Gasteiger partial charge is 0.493 e. The van der Waals surface area contributed by atoms with Crippen LogP contribution in [0.5, 0.6) is 11.5 Å². The van der Waals surface area contributed by atoms with Gasteiger partial charge in [0, 0.05) is 48.1 Å². The van der Waals surface area contributed by atoms with E-state index in [1.807, 2.05) is 6.07 Å². The van der Waals surface area contributed by atoms with Gasteiger partial charge in [-0.2, -0.15) is 0 Å². The lowest BCUT2D eigenvalue weighted by molar-refractivity contribution is -0.136. The summed E-state index contributed by atoms with van der Waals surface area (Å²) in [5, 5.41) is 3.22. The van der Waals surface area contributed by atoms with E-state index < -0.39 is 0 Å². The van der Waals surface area contributed by atoms with E-state index in [-0.39, 0.29) is 35.3 Å². The zero-order chi connectivity index (χ0) is 24.3. The number of carbonyl (C=O) groups is 3. The Morgan fingerprint density at radius 1 is 1.20 bits per heavy atom. The lowest BCUT2D eigenvalue weighted by Crippen LogP contribution is -2.66. The maximum absolute atomic E-state index is 12.9. The molecule has 2 aliphatic carbocycles. The number of piperidine rings is 1. The Balaban J connectivity index is 1.18. The lowest BCUT2D eigenvalue weighted by atomic mass is 9.53. The second-order valence-corrected chi connectivity index (χ2v) is 10.3. The van der Waals surface area contributed by atoms with Crippen molar-refractivity contribution in [2.75, 3.05) is 27.2 Å². The number of benzene rings is 1. The molecule has 1 spiro atoms. The first-order chi connectivity index (χ1) is 16.9. The molecular formula is C27H31N3O5. The van der Waals surface area contributed by atoms with E-state index >= 15 is 0 Å². The fourth-order valence-corrected chi connectivity index (χ4v) is 7.00. The van der Waals surface area contributed by atoms with Gasteiger partial charge in [0.2, 0.25) is 5.91 Å². The van der Waals surface area contributed by atoms with Crippen molar-refractivity contribution in [1.29, 1.82) is 0 Å². The Morgan fingerprint density at radius 3 is 2.77 bits per heavy atom. The summed E-state index contributed by atoms with van der Waals surface area (Å²) in [4.78, 5) is 40.0. The minimum atomic E-state index is -0.280. The standard InChI is InChI=1S/C27H31N3O5/c1-29-14-12-27-17-7-8-18(28-21(31)5-3-4-13-30-22(32)10-11-23(30)33)26(27)35-25-20(34-2)9-6-16(24(25)27)15-19(17)29/h6-11,17-19,26H,3-5,12-15H2,1-2H3,(H,28,31)/t17-,18+,19+,26-,27-/m0/s1. The Labute approximate surface area is 204 Å². The third-order valence-electron chi connectivity index (χ3n) is 8.64. The highest BCUT2D eigenvalue weighted by Gasteiger charge is 2.64. The molecule has 1 saturated heterocycles. The first kappa shape index (κ1) is 22.3.